The van der Waals surface area contributed by atoms with Gasteiger partial charge in [-0.05, 0) is 57.3 Å². The fraction of sp³-hybridized carbons (Fsp3) is 0.615. The zero-order valence-corrected chi connectivity index (χ0v) is 14.0. The van der Waals surface area contributed by atoms with E-state index >= 15 is 0 Å². The molecule has 0 radical (unpaired) electrons. The summed E-state index contributed by atoms with van der Waals surface area (Å²) in [7, 11) is 0. The number of hydrogen-bond donors (Lipinski definition) is 2. The predicted molar refractivity (Wildman–Crippen MR) is 83.0 cm³/mol. The van der Waals surface area contributed by atoms with Crippen molar-refractivity contribution in [3.8, 4) is 0 Å². The first-order chi connectivity index (χ1) is 9.19. The van der Waals surface area contributed by atoms with E-state index in [1.165, 1.54) is 12.8 Å². The molecule has 2 rings (SSSR count). The number of nitrogens with one attached hydrogen (secondary N) is 1. The smallest absolute Gasteiger partial charge is 0.0686 e. The van der Waals surface area contributed by atoms with Crippen LogP contribution in [0.25, 0.3) is 0 Å². The third-order valence-electron chi connectivity index (χ3n) is 3.31. The van der Waals surface area contributed by atoms with Crippen molar-refractivity contribution in [2.75, 3.05) is 26.2 Å². The summed E-state index contributed by atoms with van der Waals surface area (Å²) in [6.07, 6.45) is 4.28. The second-order valence-electron chi connectivity index (χ2n) is 4.83. The van der Waals surface area contributed by atoms with Crippen molar-refractivity contribution in [2.24, 2.45) is 0 Å². The number of aromatic nitrogens is 1. The van der Waals surface area contributed by atoms with Gasteiger partial charge in [-0.1, -0.05) is 0 Å². The molecule has 0 amide bonds. The Balaban J connectivity index is 1.98. The van der Waals surface area contributed by atoms with Crippen LogP contribution in [0.15, 0.2) is 21.2 Å². The van der Waals surface area contributed by atoms with Crippen LogP contribution in [0.2, 0.25) is 0 Å². The SMILES string of the molecule is OCCN(Cc1ncc(Br)cc1Br)CC1CCCN1. The van der Waals surface area contributed by atoms with E-state index in [1.807, 2.05) is 12.3 Å². The van der Waals surface area contributed by atoms with Gasteiger partial charge < -0.3 is 10.4 Å². The van der Waals surface area contributed by atoms with E-state index in [-0.39, 0.29) is 6.61 Å². The van der Waals surface area contributed by atoms with Crippen LogP contribution in [0, 0.1) is 0 Å². The van der Waals surface area contributed by atoms with E-state index in [1.54, 1.807) is 0 Å². The van der Waals surface area contributed by atoms with E-state index in [9.17, 15) is 5.11 Å². The zero-order chi connectivity index (χ0) is 13.7. The Morgan fingerprint density at radius 1 is 1.47 bits per heavy atom. The minimum atomic E-state index is 0.181. The highest BCUT2D eigenvalue weighted by Gasteiger charge is 2.18. The third-order valence-corrected chi connectivity index (χ3v) is 4.43. The first-order valence-electron chi connectivity index (χ1n) is 6.55. The quantitative estimate of drug-likeness (QED) is 0.778. The molecule has 1 aliphatic heterocycles. The molecule has 4 nitrogen and oxygen atoms in total. The molecule has 1 saturated heterocycles. The number of halogens is 2. The van der Waals surface area contributed by atoms with Gasteiger partial charge in [-0.15, -0.1) is 0 Å². The van der Waals surface area contributed by atoms with E-state index in [4.69, 9.17) is 0 Å². The summed E-state index contributed by atoms with van der Waals surface area (Å²) in [5.41, 5.74) is 1.01. The fourth-order valence-corrected chi connectivity index (χ4v) is 3.48. The van der Waals surface area contributed by atoms with Crippen molar-refractivity contribution in [1.29, 1.82) is 0 Å². The fourth-order valence-electron chi connectivity index (χ4n) is 2.37. The van der Waals surface area contributed by atoms with Gasteiger partial charge in [0.15, 0.2) is 0 Å². The Bertz CT molecular complexity index is 411. The number of pyridine rings is 1. The second-order valence-corrected chi connectivity index (χ2v) is 6.60. The van der Waals surface area contributed by atoms with Crippen LogP contribution in [-0.4, -0.2) is 47.3 Å². The van der Waals surface area contributed by atoms with Gasteiger partial charge in [-0.2, -0.15) is 0 Å². The van der Waals surface area contributed by atoms with Gasteiger partial charge in [-0.25, -0.2) is 0 Å². The van der Waals surface area contributed by atoms with Gasteiger partial charge in [0.2, 0.25) is 0 Å². The summed E-state index contributed by atoms with van der Waals surface area (Å²) in [4.78, 5) is 6.69. The summed E-state index contributed by atoms with van der Waals surface area (Å²) in [5.74, 6) is 0. The first-order valence-corrected chi connectivity index (χ1v) is 8.14. The minimum Gasteiger partial charge on any atom is -0.395 e. The monoisotopic (exact) mass is 391 g/mol. The summed E-state index contributed by atoms with van der Waals surface area (Å²) in [6.45, 7) is 3.69. The molecule has 2 N–H and O–H groups in total. The maximum Gasteiger partial charge on any atom is 0.0686 e. The summed E-state index contributed by atoms with van der Waals surface area (Å²) in [6, 6.07) is 2.55. The predicted octanol–water partition coefficient (Wildman–Crippen LogP) is 2.15. The molecule has 0 aromatic carbocycles. The molecule has 1 fully saturated rings. The molecule has 106 valence electrons. The molecule has 0 saturated carbocycles. The van der Waals surface area contributed by atoms with Gasteiger partial charge in [0, 0.05) is 40.8 Å². The van der Waals surface area contributed by atoms with Crippen molar-refractivity contribution in [3.05, 3.63) is 26.9 Å². The molecule has 1 aromatic rings. The van der Waals surface area contributed by atoms with E-state index in [0.717, 1.165) is 34.3 Å². The van der Waals surface area contributed by atoms with E-state index < -0.39 is 0 Å². The molecule has 19 heavy (non-hydrogen) atoms. The van der Waals surface area contributed by atoms with Crippen LogP contribution in [0.5, 0.6) is 0 Å². The second kappa shape index (κ2) is 7.69. The maximum absolute atomic E-state index is 9.20. The number of aliphatic hydroxyl groups excluding tert-OH is 1. The van der Waals surface area contributed by atoms with E-state index in [0.29, 0.717) is 12.6 Å². The standard InChI is InChI=1S/C13H19Br2N3O/c14-10-6-12(15)13(17-7-10)9-18(4-5-19)8-11-2-1-3-16-11/h6-7,11,16,19H,1-5,8-9H2. The molecule has 1 atom stereocenters. The molecule has 1 aliphatic rings. The molecule has 0 spiro atoms. The molecule has 0 aliphatic carbocycles. The van der Waals surface area contributed by atoms with Crippen molar-refractivity contribution in [3.63, 3.8) is 0 Å². The first kappa shape index (κ1) is 15.4. The van der Waals surface area contributed by atoms with Crippen molar-refractivity contribution in [1.82, 2.24) is 15.2 Å². The van der Waals surface area contributed by atoms with Crippen LogP contribution < -0.4 is 5.32 Å². The largest absolute Gasteiger partial charge is 0.395 e. The lowest BCUT2D eigenvalue weighted by molar-refractivity contribution is 0.177. The number of hydrogen-bond acceptors (Lipinski definition) is 4. The zero-order valence-electron chi connectivity index (χ0n) is 10.8. The normalized spacial score (nSPS) is 19.3. The van der Waals surface area contributed by atoms with Crippen molar-refractivity contribution < 1.29 is 5.11 Å². The highest BCUT2D eigenvalue weighted by molar-refractivity contribution is 9.11. The number of rotatable bonds is 6. The summed E-state index contributed by atoms with van der Waals surface area (Å²) < 4.78 is 1.97. The molecule has 0 bridgehead atoms. The lowest BCUT2D eigenvalue weighted by Crippen LogP contribution is -2.38. The number of nitrogens with zero attached hydrogens (tertiary/aromatic N) is 2. The van der Waals surface area contributed by atoms with Gasteiger partial charge in [0.05, 0.1) is 12.3 Å². The highest BCUT2D eigenvalue weighted by atomic mass is 79.9. The van der Waals surface area contributed by atoms with Crippen LogP contribution >= 0.6 is 31.9 Å². The van der Waals surface area contributed by atoms with Gasteiger partial charge in [0.25, 0.3) is 0 Å². The Morgan fingerprint density at radius 3 is 2.95 bits per heavy atom. The average molecular weight is 393 g/mol. The molecular formula is C13H19Br2N3O. The lowest BCUT2D eigenvalue weighted by Gasteiger charge is -2.25. The minimum absolute atomic E-state index is 0.181. The van der Waals surface area contributed by atoms with Gasteiger partial charge in [-0.3, -0.25) is 9.88 Å². The van der Waals surface area contributed by atoms with Crippen LogP contribution in [0.4, 0.5) is 0 Å². The van der Waals surface area contributed by atoms with Gasteiger partial charge >= 0.3 is 0 Å². The van der Waals surface area contributed by atoms with Gasteiger partial charge in [0.1, 0.15) is 0 Å². The van der Waals surface area contributed by atoms with E-state index in [2.05, 4.69) is 47.1 Å². The highest BCUT2D eigenvalue weighted by Crippen LogP contribution is 2.21. The Labute approximate surface area is 130 Å². The van der Waals surface area contributed by atoms with Crippen LogP contribution in [0.3, 0.4) is 0 Å². The molecular weight excluding hydrogens is 374 g/mol. The molecule has 1 aromatic heterocycles. The molecule has 6 heteroatoms. The van der Waals surface area contributed by atoms with Crippen LogP contribution in [0.1, 0.15) is 18.5 Å². The molecule has 2 heterocycles. The van der Waals surface area contributed by atoms with Crippen molar-refractivity contribution in [2.45, 2.75) is 25.4 Å². The topological polar surface area (TPSA) is 48.4 Å². The number of aliphatic hydroxyl groups is 1. The van der Waals surface area contributed by atoms with Crippen LogP contribution in [-0.2, 0) is 6.54 Å². The van der Waals surface area contributed by atoms with Crippen molar-refractivity contribution >= 4 is 31.9 Å². The Kier molecular flexibility index (Phi) is 6.22. The summed E-state index contributed by atoms with van der Waals surface area (Å²) >= 11 is 6.95. The third kappa shape index (κ3) is 4.79. The lowest BCUT2D eigenvalue weighted by atomic mass is 10.2. The maximum atomic E-state index is 9.20. The molecule has 1 unspecified atom stereocenters. The average Bonchev–Trinajstić information content (AvgIpc) is 2.86. The summed E-state index contributed by atoms with van der Waals surface area (Å²) in [5, 5.41) is 12.7. The Hall–Kier alpha value is -0.0100. The Morgan fingerprint density at radius 2 is 2.32 bits per heavy atom.